The number of rotatable bonds is 5. The fourth-order valence-corrected chi connectivity index (χ4v) is 3.79. The molecule has 2 heterocycles. The zero-order valence-electron chi connectivity index (χ0n) is 17.8. The summed E-state index contributed by atoms with van der Waals surface area (Å²) in [6.45, 7) is -0.671. The fourth-order valence-electron chi connectivity index (χ4n) is 3.79. The highest BCUT2D eigenvalue weighted by molar-refractivity contribution is 5.70. The molecule has 6 unspecified atom stereocenters. The van der Waals surface area contributed by atoms with Gasteiger partial charge < -0.3 is 59.8 Å². The van der Waals surface area contributed by atoms with Crippen molar-refractivity contribution in [1.82, 2.24) is 0 Å². The number of benzene rings is 2. The smallest absolute Gasteiger partial charge is 0.228 e. The largest absolute Gasteiger partial charge is 0.508 e. The van der Waals surface area contributed by atoms with Crippen molar-refractivity contribution in [3.8, 4) is 34.5 Å². The second-order valence-corrected chi connectivity index (χ2v) is 7.83. The van der Waals surface area contributed by atoms with E-state index in [1.165, 1.54) is 31.4 Å². The van der Waals surface area contributed by atoms with E-state index in [0.717, 1.165) is 6.07 Å². The first-order chi connectivity index (χ1) is 16.1. The Bertz CT molecular complexity index is 1100. The topological polar surface area (TPSA) is 199 Å². The van der Waals surface area contributed by atoms with Crippen molar-refractivity contribution in [3.05, 3.63) is 41.2 Å². The minimum Gasteiger partial charge on any atom is -0.508 e. The molecule has 2 aliphatic rings. The van der Waals surface area contributed by atoms with E-state index in [4.69, 9.17) is 18.9 Å². The van der Waals surface area contributed by atoms with Gasteiger partial charge in [-0.15, -0.1) is 0 Å². The van der Waals surface area contributed by atoms with Crippen LogP contribution in [0.3, 0.4) is 0 Å². The standard InChI is InChI=1S/C22H24O12/c1-31-14-3-8(2-12(26)17(14)27)21-15(6-10-11(25)4-9(24)5-13(10)32-21)33-22-20(30)19(29)18(28)16(7-23)34-22/h2-6,16,18-30H,7H2,1H3. The quantitative estimate of drug-likeness (QED) is 0.263. The summed E-state index contributed by atoms with van der Waals surface area (Å²) in [4.78, 5) is 0. The molecule has 4 rings (SSSR count). The van der Waals surface area contributed by atoms with E-state index in [9.17, 15) is 40.9 Å². The molecule has 12 nitrogen and oxygen atoms in total. The molecule has 0 aromatic heterocycles. The average Bonchev–Trinajstić information content (AvgIpc) is 2.81. The number of methoxy groups -OCH3 is 1. The minimum absolute atomic E-state index is 0.0511. The minimum atomic E-state index is -1.73. The summed E-state index contributed by atoms with van der Waals surface area (Å²) >= 11 is 0. The first kappa shape index (κ1) is 23.7. The van der Waals surface area contributed by atoms with Crippen LogP contribution in [0.25, 0.3) is 6.08 Å². The van der Waals surface area contributed by atoms with Gasteiger partial charge in [0.05, 0.1) is 19.3 Å². The maximum atomic E-state index is 10.4. The monoisotopic (exact) mass is 480 g/mol. The molecule has 2 aliphatic heterocycles. The Balaban J connectivity index is 1.77. The molecule has 0 saturated carbocycles. The summed E-state index contributed by atoms with van der Waals surface area (Å²) in [7, 11) is 1.27. The summed E-state index contributed by atoms with van der Waals surface area (Å²) in [5.74, 6) is -1.80. The van der Waals surface area contributed by atoms with Crippen molar-refractivity contribution in [2.45, 2.75) is 36.8 Å². The molecule has 1 saturated heterocycles. The number of aliphatic hydroxyl groups excluding tert-OH is 4. The number of aromatic hydroxyl groups is 4. The molecular weight excluding hydrogens is 456 g/mol. The molecule has 0 bridgehead atoms. The Morgan fingerprint density at radius 2 is 1.65 bits per heavy atom. The van der Waals surface area contributed by atoms with Crippen LogP contribution in [0, 0.1) is 0 Å². The molecule has 0 amide bonds. The van der Waals surface area contributed by atoms with Gasteiger partial charge in [0.15, 0.2) is 17.6 Å². The molecule has 2 aromatic carbocycles. The molecule has 2 aromatic rings. The maximum absolute atomic E-state index is 10.4. The van der Waals surface area contributed by atoms with Crippen molar-refractivity contribution in [2.24, 2.45) is 0 Å². The SMILES string of the molecule is COc1cc(C2Oc3cc(O)cc(O)c3C=C2OC2OC(CO)C(O)C(O)C2O)cc(O)c1O. The van der Waals surface area contributed by atoms with E-state index in [2.05, 4.69) is 0 Å². The van der Waals surface area contributed by atoms with Crippen LogP contribution < -0.4 is 9.47 Å². The number of aliphatic hydroxyl groups is 4. The van der Waals surface area contributed by atoms with E-state index in [0.29, 0.717) is 0 Å². The number of fused-ring (bicyclic) bond motifs is 1. The number of phenols is 4. The predicted molar refractivity (Wildman–Crippen MR) is 112 cm³/mol. The second kappa shape index (κ2) is 9.08. The Morgan fingerprint density at radius 1 is 0.912 bits per heavy atom. The summed E-state index contributed by atoms with van der Waals surface area (Å²) in [5, 5.41) is 80.1. The van der Waals surface area contributed by atoms with Gasteiger partial charge in [-0.2, -0.15) is 0 Å². The molecule has 0 aliphatic carbocycles. The Labute approximate surface area is 192 Å². The summed E-state index contributed by atoms with van der Waals surface area (Å²) < 4.78 is 22.1. The molecule has 184 valence electrons. The third kappa shape index (κ3) is 4.13. The molecule has 34 heavy (non-hydrogen) atoms. The third-order valence-corrected chi connectivity index (χ3v) is 5.60. The van der Waals surface area contributed by atoms with Gasteiger partial charge >= 0.3 is 0 Å². The van der Waals surface area contributed by atoms with Crippen LogP contribution in [0.15, 0.2) is 30.0 Å². The Hall–Kier alpha value is -3.42. The predicted octanol–water partition coefficient (Wildman–Crippen LogP) is -0.191. The molecule has 1 fully saturated rings. The van der Waals surface area contributed by atoms with E-state index < -0.39 is 54.9 Å². The van der Waals surface area contributed by atoms with Gasteiger partial charge in [0.25, 0.3) is 0 Å². The van der Waals surface area contributed by atoms with Crippen molar-refractivity contribution in [2.75, 3.05) is 13.7 Å². The van der Waals surface area contributed by atoms with Crippen LogP contribution in [0.2, 0.25) is 0 Å². The van der Waals surface area contributed by atoms with Crippen LogP contribution in [-0.2, 0) is 9.47 Å². The lowest BCUT2D eigenvalue weighted by molar-refractivity contribution is -0.293. The van der Waals surface area contributed by atoms with Gasteiger partial charge in [0, 0.05) is 17.7 Å². The van der Waals surface area contributed by atoms with Gasteiger partial charge in [-0.3, -0.25) is 0 Å². The lowest BCUT2D eigenvalue weighted by Gasteiger charge is -2.41. The zero-order chi connectivity index (χ0) is 24.7. The summed E-state index contributed by atoms with van der Waals surface area (Å²) in [6.07, 6.45) is -7.67. The summed E-state index contributed by atoms with van der Waals surface area (Å²) in [6, 6.07) is 4.82. The van der Waals surface area contributed by atoms with E-state index in [1.54, 1.807) is 0 Å². The maximum Gasteiger partial charge on any atom is 0.228 e. The number of ether oxygens (including phenoxy) is 4. The molecular formula is C22H24O12. The first-order valence-corrected chi connectivity index (χ1v) is 10.2. The Morgan fingerprint density at radius 3 is 2.32 bits per heavy atom. The fraction of sp³-hybridized carbons (Fsp3) is 0.364. The van der Waals surface area contributed by atoms with Crippen molar-refractivity contribution >= 4 is 6.08 Å². The van der Waals surface area contributed by atoms with E-state index >= 15 is 0 Å². The molecule has 0 radical (unpaired) electrons. The molecule has 0 spiro atoms. The van der Waals surface area contributed by atoms with Crippen LogP contribution in [-0.4, -0.2) is 85.3 Å². The first-order valence-electron chi connectivity index (χ1n) is 10.2. The summed E-state index contributed by atoms with van der Waals surface area (Å²) in [5.41, 5.74) is 0.320. The number of phenolic OH excluding ortho intramolecular Hbond substituents is 4. The third-order valence-electron chi connectivity index (χ3n) is 5.60. The highest BCUT2D eigenvalue weighted by Crippen LogP contribution is 2.47. The van der Waals surface area contributed by atoms with Crippen LogP contribution >= 0.6 is 0 Å². The second-order valence-electron chi connectivity index (χ2n) is 7.83. The van der Waals surface area contributed by atoms with Crippen LogP contribution in [0.4, 0.5) is 0 Å². The highest BCUT2D eigenvalue weighted by atomic mass is 16.7. The molecule has 8 N–H and O–H groups in total. The van der Waals surface area contributed by atoms with Gasteiger partial charge in [0.1, 0.15) is 47.4 Å². The van der Waals surface area contributed by atoms with E-state index in [-0.39, 0.29) is 39.9 Å². The zero-order valence-corrected chi connectivity index (χ0v) is 17.8. The van der Waals surface area contributed by atoms with Gasteiger partial charge in [-0.1, -0.05) is 0 Å². The molecule has 12 heteroatoms. The van der Waals surface area contributed by atoms with Gasteiger partial charge in [-0.05, 0) is 18.2 Å². The van der Waals surface area contributed by atoms with E-state index in [1.807, 2.05) is 0 Å². The lowest BCUT2D eigenvalue weighted by atomic mass is 9.98. The average molecular weight is 480 g/mol. The number of hydrogen-bond acceptors (Lipinski definition) is 12. The lowest BCUT2D eigenvalue weighted by Crippen LogP contribution is -2.59. The van der Waals surface area contributed by atoms with Gasteiger partial charge in [-0.25, -0.2) is 0 Å². The normalized spacial score (nSPS) is 28.4. The van der Waals surface area contributed by atoms with Crippen molar-refractivity contribution in [3.63, 3.8) is 0 Å². The molecule has 6 atom stereocenters. The van der Waals surface area contributed by atoms with Crippen molar-refractivity contribution in [1.29, 1.82) is 0 Å². The highest BCUT2D eigenvalue weighted by Gasteiger charge is 2.46. The Kier molecular flexibility index (Phi) is 6.34. The van der Waals surface area contributed by atoms with Crippen LogP contribution in [0.1, 0.15) is 17.2 Å². The van der Waals surface area contributed by atoms with Gasteiger partial charge in [0.2, 0.25) is 12.0 Å². The van der Waals surface area contributed by atoms with Crippen molar-refractivity contribution < 1.29 is 59.8 Å². The number of hydrogen-bond donors (Lipinski definition) is 8. The van der Waals surface area contributed by atoms with Crippen LogP contribution in [0.5, 0.6) is 34.5 Å².